The highest BCUT2D eigenvalue weighted by molar-refractivity contribution is 6.03. The summed E-state index contributed by atoms with van der Waals surface area (Å²) in [4.78, 5) is 23.5. The van der Waals surface area contributed by atoms with Gasteiger partial charge in [0, 0.05) is 25.0 Å². The second kappa shape index (κ2) is 8.52. The number of anilines is 2. The number of benzene rings is 2. The molecule has 3 aromatic rings. The van der Waals surface area contributed by atoms with Crippen LogP contribution in [0.15, 0.2) is 66.9 Å². The number of nitrogens with zero attached hydrogens (tertiary/aromatic N) is 3. The van der Waals surface area contributed by atoms with E-state index in [4.69, 9.17) is 4.74 Å². The van der Waals surface area contributed by atoms with Gasteiger partial charge in [-0.25, -0.2) is 9.97 Å². The number of rotatable bonds is 5. The van der Waals surface area contributed by atoms with Gasteiger partial charge in [-0.15, -0.1) is 0 Å². The van der Waals surface area contributed by atoms with E-state index in [9.17, 15) is 4.79 Å². The van der Waals surface area contributed by atoms with E-state index in [-0.39, 0.29) is 5.91 Å². The Morgan fingerprint density at radius 3 is 2.36 bits per heavy atom. The molecule has 6 heteroatoms. The van der Waals surface area contributed by atoms with E-state index < -0.39 is 0 Å². The SMILES string of the molecule is O=C(Nc1ccc(Oc2ccccc2)cc1)c1ccnc(N2CCCCC2)n1. The van der Waals surface area contributed by atoms with Crippen LogP contribution >= 0.6 is 0 Å². The van der Waals surface area contributed by atoms with E-state index in [1.165, 1.54) is 6.42 Å². The zero-order chi connectivity index (χ0) is 19.2. The molecule has 0 spiro atoms. The van der Waals surface area contributed by atoms with E-state index in [0.29, 0.717) is 23.1 Å². The molecule has 1 saturated heterocycles. The number of para-hydroxylation sites is 1. The van der Waals surface area contributed by atoms with Crippen molar-refractivity contribution < 1.29 is 9.53 Å². The molecule has 6 nitrogen and oxygen atoms in total. The minimum Gasteiger partial charge on any atom is -0.457 e. The molecule has 0 saturated carbocycles. The average molecular weight is 374 g/mol. The lowest BCUT2D eigenvalue weighted by molar-refractivity contribution is 0.102. The molecule has 0 radical (unpaired) electrons. The van der Waals surface area contributed by atoms with Crippen LogP contribution in [-0.4, -0.2) is 29.0 Å². The Bertz CT molecular complexity index is 923. The van der Waals surface area contributed by atoms with Crippen molar-refractivity contribution in [3.63, 3.8) is 0 Å². The van der Waals surface area contributed by atoms with Crippen LogP contribution in [0.3, 0.4) is 0 Å². The van der Waals surface area contributed by atoms with Crippen LogP contribution in [0, 0.1) is 0 Å². The lowest BCUT2D eigenvalue weighted by Gasteiger charge is -2.26. The second-order valence-electron chi connectivity index (χ2n) is 6.68. The molecule has 1 amide bonds. The molecule has 28 heavy (non-hydrogen) atoms. The number of carbonyl (C=O) groups is 1. The van der Waals surface area contributed by atoms with Crippen molar-refractivity contribution in [2.24, 2.45) is 0 Å². The van der Waals surface area contributed by atoms with Crippen molar-refractivity contribution in [3.05, 3.63) is 72.6 Å². The third-order valence-corrected chi connectivity index (χ3v) is 4.61. The number of carbonyl (C=O) groups excluding carboxylic acids is 1. The smallest absolute Gasteiger partial charge is 0.274 e. The number of piperidine rings is 1. The predicted octanol–water partition coefficient (Wildman–Crippen LogP) is 4.51. The Labute approximate surface area is 164 Å². The zero-order valence-corrected chi connectivity index (χ0v) is 15.5. The van der Waals surface area contributed by atoms with Crippen LogP contribution in [0.1, 0.15) is 29.8 Å². The Kier molecular flexibility index (Phi) is 5.47. The van der Waals surface area contributed by atoms with Gasteiger partial charge in [0.15, 0.2) is 0 Å². The fourth-order valence-electron chi connectivity index (χ4n) is 3.15. The molecule has 0 bridgehead atoms. The first-order chi connectivity index (χ1) is 13.8. The highest BCUT2D eigenvalue weighted by atomic mass is 16.5. The summed E-state index contributed by atoms with van der Waals surface area (Å²) in [5.74, 6) is 1.85. The first kappa shape index (κ1) is 18.0. The summed E-state index contributed by atoms with van der Waals surface area (Å²) in [6.45, 7) is 1.88. The van der Waals surface area contributed by atoms with Gasteiger partial charge >= 0.3 is 0 Å². The van der Waals surface area contributed by atoms with Gasteiger partial charge in [-0.1, -0.05) is 18.2 Å². The van der Waals surface area contributed by atoms with Crippen molar-refractivity contribution in [1.29, 1.82) is 0 Å². The lowest BCUT2D eigenvalue weighted by Crippen LogP contribution is -2.31. The first-order valence-electron chi connectivity index (χ1n) is 9.50. The van der Waals surface area contributed by atoms with E-state index >= 15 is 0 Å². The Hall–Kier alpha value is -3.41. The fourth-order valence-corrected chi connectivity index (χ4v) is 3.15. The summed E-state index contributed by atoms with van der Waals surface area (Å²) >= 11 is 0. The zero-order valence-electron chi connectivity index (χ0n) is 15.5. The summed E-state index contributed by atoms with van der Waals surface area (Å²) in [6.07, 6.45) is 5.15. The second-order valence-corrected chi connectivity index (χ2v) is 6.68. The van der Waals surface area contributed by atoms with Crippen molar-refractivity contribution in [2.75, 3.05) is 23.3 Å². The number of hydrogen-bond acceptors (Lipinski definition) is 5. The fraction of sp³-hybridized carbons (Fsp3) is 0.227. The first-order valence-corrected chi connectivity index (χ1v) is 9.50. The maximum atomic E-state index is 12.6. The van der Waals surface area contributed by atoms with Gasteiger partial charge in [0.1, 0.15) is 17.2 Å². The number of amides is 1. The Morgan fingerprint density at radius 2 is 1.61 bits per heavy atom. The normalized spacial score (nSPS) is 13.8. The van der Waals surface area contributed by atoms with E-state index in [0.717, 1.165) is 31.7 Å². The van der Waals surface area contributed by atoms with Gasteiger partial charge < -0.3 is 15.0 Å². The van der Waals surface area contributed by atoms with Gasteiger partial charge in [0.2, 0.25) is 5.95 Å². The monoisotopic (exact) mass is 374 g/mol. The van der Waals surface area contributed by atoms with Crippen LogP contribution < -0.4 is 15.0 Å². The minimum absolute atomic E-state index is 0.252. The maximum absolute atomic E-state index is 12.6. The predicted molar refractivity (Wildman–Crippen MR) is 109 cm³/mol. The van der Waals surface area contributed by atoms with Crippen LogP contribution in [-0.2, 0) is 0 Å². The molecule has 1 N–H and O–H groups in total. The van der Waals surface area contributed by atoms with Crippen LogP contribution in [0.5, 0.6) is 11.5 Å². The highest BCUT2D eigenvalue weighted by Crippen LogP contribution is 2.23. The molecule has 142 valence electrons. The molecule has 4 rings (SSSR count). The highest BCUT2D eigenvalue weighted by Gasteiger charge is 2.16. The van der Waals surface area contributed by atoms with E-state index in [1.807, 2.05) is 54.6 Å². The van der Waals surface area contributed by atoms with Crippen molar-refractivity contribution in [1.82, 2.24) is 9.97 Å². The van der Waals surface area contributed by atoms with Crippen LogP contribution in [0.25, 0.3) is 0 Å². The molecule has 2 aromatic carbocycles. The number of nitrogens with one attached hydrogen (secondary N) is 1. The summed E-state index contributed by atoms with van der Waals surface area (Å²) in [5, 5.41) is 2.88. The van der Waals surface area contributed by atoms with Crippen molar-refractivity contribution in [3.8, 4) is 11.5 Å². The quantitative estimate of drug-likeness (QED) is 0.712. The van der Waals surface area contributed by atoms with Gasteiger partial charge in [-0.05, 0) is 61.7 Å². The molecule has 2 heterocycles. The number of hydrogen-bond donors (Lipinski definition) is 1. The van der Waals surface area contributed by atoms with Crippen LogP contribution in [0.4, 0.5) is 11.6 Å². The molecule has 1 aliphatic rings. The third kappa shape index (κ3) is 4.46. The molecular formula is C22H22N4O2. The maximum Gasteiger partial charge on any atom is 0.274 e. The number of aromatic nitrogens is 2. The molecular weight excluding hydrogens is 352 g/mol. The molecule has 0 aliphatic carbocycles. The van der Waals surface area contributed by atoms with Gasteiger partial charge in [-0.2, -0.15) is 0 Å². The average Bonchev–Trinajstić information content (AvgIpc) is 2.76. The van der Waals surface area contributed by atoms with E-state index in [2.05, 4.69) is 20.2 Å². The minimum atomic E-state index is -0.252. The lowest BCUT2D eigenvalue weighted by atomic mass is 10.1. The number of ether oxygens (including phenoxy) is 1. The molecule has 0 atom stereocenters. The molecule has 1 aromatic heterocycles. The molecule has 0 unspecified atom stereocenters. The largest absolute Gasteiger partial charge is 0.457 e. The van der Waals surface area contributed by atoms with Gasteiger partial charge in [-0.3, -0.25) is 4.79 Å². The summed E-state index contributed by atoms with van der Waals surface area (Å²) in [6, 6.07) is 18.5. The van der Waals surface area contributed by atoms with Crippen molar-refractivity contribution in [2.45, 2.75) is 19.3 Å². The molecule has 1 aliphatic heterocycles. The topological polar surface area (TPSA) is 67.3 Å². The summed E-state index contributed by atoms with van der Waals surface area (Å²) in [5.41, 5.74) is 1.05. The summed E-state index contributed by atoms with van der Waals surface area (Å²) in [7, 11) is 0. The van der Waals surface area contributed by atoms with Gasteiger partial charge in [0.25, 0.3) is 5.91 Å². The Balaban J connectivity index is 1.40. The third-order valence-electron chi connectivity index (χ3n) is 4.61. The Morgan fingerprint density at radius 1 is 0.893 bits per heavy atom. The summed E-state index contributed by atoms with van der Waals surface area (Å²) < 4.78 is 5.77. The van der Waals surface area contributed by atoms with Crippen LogP contribution in [0.2, 0.25) is 0 Å². The van der Waals surface area contributed by atoms with E-state index in [1.54, 1.807) is 12.3 Å². The standard InChI is InChI=1S/C22H22N4O2/c27-21(20-13-14-23-22(25-20)26-15-5-2-6-16-26)24-17-9-11-19(12-10-17)28-18-7-3-1-4-8-18/h1,3-4,7-14H,2,5-6,15-16H2,(H,24,27). The van der Waals surface area contributed by atoms with Gasteiger partial charge in [0.05, 0.1) is 0 Å². The molecule has 1 fully saturated rings. The van der Waals surface area contributed by atoms with Crippen molar-refractivity contribution >= 4 is 17.5 Å².